The van der Waals surface area contributed by atoms with Crippen molar-refractivity contribution in [3.05, 3.63) is 23.8 Å². The highest BCUT2D eigenvalue weighted by Gasteiger charge is 2.38. The molecule has 9 nitrogen and oxygen atoms in total. The molecule has 4 atom stereocenters. The van der Waals surface area contributed by atoms with E-state index in [0.29, 0.717) is 12.1 Å². The van der Waals surface area contributed by atoms with E-state index in [9.17, 15) is 23.4 Å². The second kappa shape index (κ2) is 11.7. The molecule has 1 heterocycles. The van der Waals surface area contributed by atoms with Crippen LogP contribution in [0.4, 0.5) is 4.79 Å². The number of sulfonamides is 1. The van der Waals surface area contributed by atoms with Crippen molar-refractivity contribution in [2.75, 3.05) is 33.3 Å². The smallest absolute Gasteiger partial charge is 0.317 e. The molecule has 0 spiro atoms. The number of nitrogens with zero attached hydrogens (tertiary/aromatic N) is 2. The number of benzene rings is 1. The first-order valence-electron chi connectivity index (χ1n) is 11.1. The third-order valence-electron chi connectivity index (χ3n) is 5.42. The van der Waals surface area contributed by atoms with Gasteiger partial charge < -0.3 is 25.2 Å². The summed E-state index contributed by atoms with van der Waals surface area (Å²) in [6.07, 6.45) is -0.531. The molecule has 0 unspecified atom stereocenters. The van der Waals surface area contributed by atoms with Crippen LogP contribution in [0.5, 0.6) is 5.75 Å². The molecule has 0 aliphatic carbocycles. The zero-order chi connectivity index (χ0) is 24.8. The molecule has 0 saturated carbocycles. The predicted molar refractivity (Wildman–Crippen MR) is 125 cm³/mol. The number of carbonyl (C=O) groups excluding carboxylic acids is 1. The minimum atomic E-state index is -3.96. The van der Waals surface area contributed by atoms with Gasteiger partial charge in [-0.2, -0.15) is 4.31 Å². The van der Waals surface area contributed by atoms with Crippen LogP contribution in [0.25, 0.3) is 0 Å². The molecule has 1 aliphatic rings. The van der Waals surface area contributed by atoms with E-state index in [1.165, 1.54) is 28.3 Å². The summed E-state index contributed by atoms with van der Waals surface area (Å²) in [5.41, 5.74) is 0.493. The molecule has 33 heavy (non-hydrogen) atoms. The molecular formula is C23H35N3O6S. The van der Waals surface area contributed by atoms with Gasteiger partial charge in [-0.05, 0) is 38.5 Å². The van der Waals surface area contributed by atoms with Crippen molar-refractivity contribution in [1.82, 2.24) is 14.5 Å². The fourth-order valence-electron chi connectivity index (χ4n) is 3.43. The number of aliphatic hydroxyl groups excluding tert-OH is 2. The molecule has 0 aromatic heterocycles. The van der Waals surface area contributed by atoms with E-state index in [1.54, 1.807) is 20.0 Å². The summed E-state index contributed by atoms with van der Waals surface area (Å²) in [7, 11) is -2.29. The van der Waals surface area contributed by atoms with Crippen LogP contribution >= 0.6 is 0 Å². The zero-order valence-electron chi connectivity index (χ0n) is 19.9. The van der Waals surface area contributed by atoms with Crippen molar-refractivity contribution in [2.24, 2.45) is 5.92 Å². The van der Waals surface area contributed by atoms with Gasteiger partial charge in [0.25, 0.3) is 0 Å². The zero-order valence-corrected chi connectivity index (χ0v) is 20.7. The molecule has 0 saturated heterocycles. The largest absolute Gasteiger partial charge is 0.487 e. The molecule has 0 radical (unpaired) electrons. The van der Waals surface area contributed by atoms with Crippen LogP contribution in [-0.2, 0) is 10.0 Å². The van der Waals surface area contributed by atoms with Crippen molar-refractivity contribution in [3.63, 3.8) is 0 Å². The number of nitrogens with one attached hydrogen (secondary N) is 1. The fraction of sp³-hybridized carbons (Fsp3) is 0.609. The van der Waals surface area contributed by atoms with Gasteiger partial charge in [-0.1, -0.05) is 25.7 Å². The van der Waals surface area contributed by atoms with E-state index < -0.39 is 28.3 Å². The Hall–Kier alpha value is -2.32. The van der Waals surface area contributed by atoms with Gasteiger partial charge in [-0.3, -0.25) is 0 Å². The summed E-state index contributed by atoms with van der Waals surface area (Å²) >= 11 is 0. The lowest BCUT2D eigenvalue weighted by molar-refractivity contribution is 0.0812. The molecule has 3 N–H and O–H groups in total. The van der Waals surface area contributed by atoms with Gasteiger partial charge in [0.05, 0.1) is 13.2 Å². The van der Waals surface area contributed by atoms with Gasteiger partial charge in [0, 0.05) is 37.7 Å². The Bertz CT molecular complexity index is 986. The van der Waals surface area contributed by atoms with Crippen LogP contribution in [-0.4, -0.2) is 85.4 Å². The Morgan fingerprint density at radius 3 is 2.70 bits per heavy atom. The number of hydrogen-bond donors (Lipinski definition) is 3. The molecular weight excluding hydrogens is 446 g/mol. The maximum Gasteiger partial charge on any atom is 0.317 e. The van der Waals surface area contributed by atoms with E-state index in [1.807, 2.05) is 13.8 Å². The average Bonchev–Trinajstić information content (AvgIpc) is 2.77. The summed E-state index contributed by atoms with van der Waals surface area (Å²) in [5.74, 6) is 5.29. The summed E-state index contributed by atoms with van der Waals surface area (Å²) in [6, 6.07) is 3.65. The van der Waals surface area contributed by atoms with E-state index in [0.717, 1.165) is 6.42 Å². The van der Waals surface area contributed by atoms with Crippen molar-refractivity contribution in [3.8, 4) is 17.6 Å². The number of aliphatic hydroxyl groups is 2. The lowest BCUT2D eigenvalue weighted by atomic mass is 10.0. The highest BCUT2D eigenvalue weighted by molar-refractivity contribution is 7.89. The van der Waals surface area contributed by atoms with Gasteiger partial charge in [-0.15, -0.1) is 0 Å². The van der Waals surface area contributed by atoms with Crippen LogP contribution in [0.2, 0.25) is 0 Å². The number of carbonyl (C=O) groups is 1. The standard InChI is InChI=1S/C23H35N3O6S/c1-6-11-24-23(29)25(5)14-21-16(2)13-26(17(3)15-27)33(30,31)22-10-9-19(8-7-18(4)28)12-20(22)32-21/h9-10,12,16-18,21,27-28H,6,11,13-15H2,1-5H3,(H,24,29)/t16-,17-,18-,21+/m0/s1. The van der Waals surface area contributed by atoms with Gasteiger partial charge >= 0.3 is 6.03 Å². The van der Waals surface area contributed by atoms with Gasteiger partial charge in [0.2, 0.25) is 10.0 Å². The minimum Gasteiger partial charge on any atom is -0.487 e. The summed E-state index contributed by atoms with van der Waals surface area (Å²) in [5, 5.41) is 22.0. The monoisotopic (exact) mass is 481 g/mol. The molecule has 0 bridgehead atoms. The number of ether oxygens (including phenoxy) is 1. The number of amides is 2. The molecule has 1 aromatic rings. The Morgan fingerprint density at radius 2 is 2.09 bits per heavy atom. The van der Waals surface area contributed by atoms with Crippen molar-refractivity contribution >= 4 is 16.1 Å². The summed E-state index contributed by atoms with van der Waals surface area (Å²) in [4.78, 5) is 13.9. The first-order chi connectivity index (χ1) is 15.5. The number of hydrogen-bond acceptors (Lipinski definition) is 6. The Labute approximate surface area is 196 Å². The Morgan fingerprint density at radius 1 is 1.39 bits per heavy atom. The molecule has 184 valence electrons. The highest BCUT2D eigenvalue weighted by atomic mass is 32.2. The normalized spacial score (nSPS) is 21.8. The quantitative estimate of drug-likeness (QED) is 0.526. The number of likely N-dealkylation sites (N-methyl/N-ethyl adjacent to an activating group) is 1. The third kappa shape index (κ3) is 6.84. The van der Waals surface area contributed by atoms with Crippen LogP contribution in [0.3, 0.4) is 0 Å². The number of fused-ring (bicyclic) bond motifs is 1. The highest BCUT2D eigenvalue weighted by Crippen LogP contribution is 2.34. The van der Waals surface area contributed by atoms with Crippen LogP contribution < -0.4 is 10.1 Å². The fourth-order valence-corrected chi connectivity index (χ4v) is 5.25. The van der Waals surface area contributed by atoms with E-state index in [4.69, 9.17) is 4.74 Å². The Balaban J connectivity index is 2.51. The van der Waals surface area contributed by atoms with Crippen molar-refractivity contribution in [1.29, 1.82) is 0 Å². The summed E-state index contributed by atoms with van der Waals surface area (Å²) in [6.45, 7) is 7.59. The van der Waals surface area contributed by atoms with Crippen molar-refractivity contribution in [2.45, 2.75) is 57.3 Å². The van der Waals surface area contributed by atoms with E-state index in [-0.39, 0.29) is 42.3 Å². The van der Waals surface area contributed by atoms with Crippen LogP contribution in [0, 0.1) is 17.8 Å². The molecule has 10 heteroatoms. The molecule has 1 aromatic carbocycles. The SMILES string of the molecule is CCCNC(=O)N(C)C[C@H]1Oc2cc(C#C[C@H](C)O)ccc2S(=O)(=O)N([C@@H](C)CO)C[C@@H]1C. The second-order valence-electron chi connectivity index (χ2n) is 8.46. The van der Waals surface area contributed by atoms with E-state index in [2.05, 4.69) is 17.2 Å². The molecule has 0 fully saturated rings. The van der Waals surface area contributed by atoms with Gasteiger partial charge in [0.1, 0.15) is 22.9 Å². The maximum absolute atomic E-state index is 13.4. The molecule has 1 aliphatic heterocycles. The third-order valence-corrected chi connectivity index (χ3v) is 7.44. The second-order valence-corrected chi connectivity index (χ2v) is 10.3. The topological polar surface area (TPSA) is 119 Å². The van der Waals surface area contributed by atoms with Gasteiger partial charge in [0.15, 0.2) is 0 Å². The first kappa shape index (κ1) is 26.9. The van der Waals surface area contributed by atoms with E-state index >= 15 is 0 Å². The number of rotatable bonds is 6. The molecule has 2 amide bonds. The predicted octanol–water partition coefficient (Wildman–Crippen LogP) is 1.24. The summed E-state index contributed by atoms with van der Waals surface area (Å²) < 4.78 is 34.4. The lowest BCUT2D eigenvalue weighted by Gasteiger charge is -2.37. The van der Waals surface area contributed by atoms with Gasteiger partial charge in [-0.25, -0.2) is 13.2 Å². The average molecular weight is 482 g/mol. The van der Waals surface area contributed by atoms with Crippen LogP contribution in [0.1, 0.15) is 39.7 Å². The number of urea groups is 1. The van der Waals surface area contributed by atoms with Crippen LogP contribution in [0.15, 0.2) is 23.1 Å². The molecule has 2 rings (SSSR count). The lowest BCUT2D eigenvalue weighted by Crippen LogP contribution is -2.51. The van der Waals surface area contributed by atoms with Crippen molar-refractivity contribution < 1.29 is 28.2 Å². The minimum absolute atomic E-state index is 0.0274. The maximum atomic E-state index is 13.4. The Kier molecular flexibility index (Phi) is 9.55. The first-order valence-corrected chi connectivity index (χ1v) is 12.6.